The highest BCUT2D eigenvalue weighted by atomic mass is 16.2. The molecule has 24 heavy (non-hydrogen) atoms. The third kappa shape index (κ3) is 2.12. The van der Waals surface area contributed by atoms with Crippen molar-refractivity contribution in [2.24, 2.45) is 5.10 Å². The number of Topliss-reactive ketones (excluding diaryl/α,β-unsaturated/α-hetero) is 1. The summed E-state index contributed by atoms with van der Waals surface area (Å²) in [6, 6.07) is 18.6. The van der Waals surface area contributed by atoms with Crippen LogP contribution in [0.15, 0.2) is 65.8 Å². The smallest absolute Gasteiger partial charge is 0.271 e. The van der Waals surface area contributed by atoms with Gasteiger partial charge in [-0.2, -0.15) is 5.10 Å². The van der Waals surface area contributed by atoms with Gasteiger partial charge in [0.25, 0.3) is 5.91 Å². The lowest BCUT2D eigenvalue weighted by atomic mass is 10.1. The van der Waals surface area contributed by atoms with E-state index in [0.717, 1.165) is 21.9 Å². The first-order valence-corrected chi connectivity index (χ1v) is 7.67. The topological polar surface area (TPSA) is 58.5 Å². The summed E-state index contributed by atoms with van der Waals surface area (Å²) in [5, 5.41) is 6.02. The summed E-state index contributed by atoms with van der Waals surface area (Å²) in [7, 11) is 0. The molecule has 3 aromatic rings. The van der Waals surface area contributed by atoms with E-state index in [2.05, 4.69) is 10.5 Å². The molecule has 4 heteroatoms. The number of benzene rings is 3. The number of hydrogen-bond donors (Lipinski definition) is 1. The second kappa shape index (κ2) is 5.42. The van der Waals surface area contributed by atoms with Crippen molar-refractivity contribution in [2.45, 2.75) is 6.92 Å². The molecule has 3 aromatic carbocycles. The van der Waals surface area contributed by atoms with Gasteiger partial charge < -0.3 is 0 Å². The van der Waals surface area contributed by atoms with Crippen LogP contribution in [0, 0.1) is 6.92 Å². The number of aryl methyl sites for hydroxylation is 1. The number of carbonyl (C=O) groups is 2. The monoisotopic (exact) mass is 314 g/mol. The van der Waals surface area contributed by atoms with Crippen LogP contribution in [0.1, 0.15) is 31.8 Å². The highest BCUT2D eigenvalue weighted by Crippen LogP contribution is 2.30. The number of hydrogen-bond acceptors (Lipinski definition) is 3. The lowest BCUT2D eigenvalue weighted by Gasteiger charge is -2.04. The van der Waals surface area contributed by atoms with E-state index < -0.39 is 0 Å². The minimum absolute atomic E-state index is 0.160. The van der Waals surface area contributed by atoms with Gasteiger partial charge in [0.05, 0.1) is 0 Å². The Hall–Kier alpha value is -3.27. The maximum Gasteiger partial charge on any atom is 0.271 e. The zero-order chi connectivity index (χ0) is 16.7. The van der Waals surface area contributed by atoms with Gasteiger partial charge in [-0.05, 0) is 23.9 Å². The van der Waals surface area contributed by atoms with Crippen molar-refractivity contribution >= 4 is 28.2 Å². The highest BCUT2D eigenvalue weighted by Gasteiger charge is 2.28. The van der Waals surface area contributed by atoms with Gasteiger partial charge in [-0.3, -0.25) is 9.59 Å². The van der Waals surface area contributed by atoms with Crippen LogP contribution < -0.4 is 5.43 Å². The van der Waals surface area contributed by atoms with Crippen LogP contribution in [0.2, 0.25) is 0 Å². The summed E-state index contributed by atoms with van der Waals surface area (Å²) in [6.07, 6.45) is 0. The molecule has 0 saturated heterocycles. The molecule has 116 valence electrons. The lowest BCUT2D eigenvalue weighted by molar-refractivity contribution is 0.0954. The Labute approximate surface area is 138 Å². The minimum Gasteiger partial charge on any atom is -0.287 e. The van der Waals surface area contributed by atoms with Gasteiger partial charge in [0.15, 0.2) is 0 Å². The molecule has 0 aromatic heterocycles. The normalized spacial score (nSPS) is 14.4. The van der Waals surface area contributed by atoms with Crippen molar-refractivity contribution in [1.29, 1.82) is 0 Å². The molecule has 1 N–H and O–H groups in total. The Morgan fingerprint density at radius 2 is 1.62 bits per heavy atom. The molecular formula is C20H14N2O2. The van der Waals surface area contributed by atoms with Gasteiger partial charge in [0, 0.05) is 22.1 Å². The summed E-state index contributed by atoms with van der Waals surface area (Å²) in [4.78, 5) is 24.9. The number of nitrogens with zero attached hydrogens (tertiary/aromatic N) is 1. The zero-order valence-electron chi connectivity index (χ0n) is 13.0. The van der Waals surface area contributed by atoms with Crippen LogP contribution >= 0.6 is 0 Å². The van der Waals surface area contributed by atoms with E-state index in [4.69, 9.17) is 0 Å². The average Bonchev–Trinajstić information content (AvgIpc) is 2.88. The number of rotatable bonds is 2. The number of nitrogens with one attached hydrogen (secondary N) is 1. The molecule has 4 nitrogen and oxygen atoms in total. The maximum atomic E-state index is 12.6. The fourth-order valence-electron chi connectivity index (χ4n) is 3.08. The van der Waals surface area contributed by atoms with E-state index in [1.54, 1.807) is 18.2 Å². The Morgan fingerprint density at radius 3 is 2.38 bits per heavy atom. The van der Waals surface area contributed by atoms with Crippen LogP contribution in [0.3, 0.4) is 0 Å². The minimum atomic E-state index is -0.323. The summed E-state index contributed by atoms with van der Waals surface area (Å²) >= 11 is 0. The molecule has 0 aliphatic heterocycles. The molecule has 1 aliphatic carbocycles. The Morgan fingerprint density at radius 1 is 0.917 bits per heavy atom. The van der Waals surface area contributed by atoms with E-state index in [9.17, 15) is 9.59 Å². The van der Waals surface area contributed by atoms with Gasteiger partial charge in [-0.15, -0.1) is 0 Å². The molecule has 1 amide bonds. The molecular weight excluding hydrogens is 300 g/mol. The van der Waals surface area contributed by atoms with Crippen LogP contribution in [0.4, 0.5) is 0 Å². The predicted octanol–water partition coefficient (Wildman–Crippen LogP) is 3.48. The Balaban J connectivity index is 1.73. The fourth-order valence-corrected chi connectivity index (χ4v) is 3.08. The number of hydrazone groups is 1. The molecule has 0 heterocycles. The molecule has 0 radical (unpaired) electrons. The fraction of sp³-hybridized carbons (Fsp3) is 0.0500. The van der Waals surface area contributed by atoms with Crippen LogP contribution in [0.25, 0.3) is 10.8 Å². The summed E-state index contributed by atoms with van der Waals surface area (Å²) < 4.78 is 0. The second-order valence-electron chi connectivity index (χ2n) is 5.75. The third-order valence-corrected chi connectivity index (χ3v) is 4.28. The van der Waals surface area contributed by atoms with Crippen molar-refractivity contribution in [3.05, 3.63) is 82.9 Å². The summed E-state index contributed by atoms with van der Waals surface area (Å²) in [6.45, 7) is 1.86. The van der Waals surface area contributed by atoms with Crippen molar-refractivity contribution in [3.8, 4) is 0 Å². The molecule has 0 saturated carbocycles. The first-order chi connectivity index (χ1) is 11.7. The van der Waals surface area contributed by atoms with E-state index in [1.807, 2.05) is 49.4 Å². The van der Waals surface area contributed by atoms with Crippen LogP contribution in [-0.2, 0) is 0 Å². The van der Waals surface area contributed by atoms with E-state index in [0.29, 0.717) is 11.1 Å². The molecule has 0 atom stereocenters. The maximum absolute atomic E-state index is 12.6. The summed E-state index contributed by atoms with van der Waals surface area (Å²) in [5.74, 6) is -0.483. The largest absolute Gasteiger partial charge is 0.287 e. The van der Waals surface area contributed by atoms with Crippen molar-refractivity contribution in [2.75, 3.05) is 0 Å². The first kappa shape index (κ1) is 14.3. The molecule has 0 unspecified atom stereocenters. The molecule has 0 fully saturated rings. The van der Waals surface area contributed by atoms with Gasteiger partial charge >= 0.3 is 0 Å². The van der Waals surface area contributed by atoms with Gasteiger partial charge in [0.1, 0.15) is 5.71 Å². The zero-order valence-corrected chi connectivity index (χ0v) is 13.0. The second-order valence-corrected chi connectivity index (χ2v) is 5.75. The van der Waals surface area contributed by atoms with E-state index >= 15 is 0 Å². The van der Waals surface area contributed by atoms with Crippen LogP contribution in [0.5, 0.6) is 0 Å². The number of carbonyl (C=O) groups excluding carboxylic acids is 2. The standard InChI is InChI=1S/C20H14N2O2/c1-12-6-2-3-9-14(12)20(24)22-21-18-15-10-4-7-13-8-5-11-16(17(13)15)19(18)23/h2-11H,1H3,(H,22,24)/b21-18-. The quantitative estimate of drug-likeness (QED) is 0.736. The van der Waals surface area contributed by atoms with Gasteiger partial charge in [0.2, 0.25) is 5.78 Å². The van der Waals surface area contributed by atoms with Gasteiger partial charge in [-0.1, -0.05) is 54.6 Å². The average molecular weight is 314 g/mol. The van der Waals surface area contributed by atoms with E-state index in [-0.39, 0.29) is 17.4 Å². The van der Waals surface area contributed by atoms with Gasteiger partial charge in [-0.25, -0.2) is 5.43 Å². The van der Waals surface area contributed by atoms with Crippen molar-refractivity contribution in [3.63, 3.8) is 0 Å². The highest BCUT2D eigenvalue weighted by molar-refractivity contribution is 6.59. The molecule has 0 bridgehead atoms. The predicted molar refractivity (Wildman–Crippen MR) is 93.5 cm³/mol. The van der Waals surface area contributed by atoms with Crippen molar-refractivity contribution in [1.82, 2.24) is 5.43 Å². The van der Waals surface area contributed by atoms with Crippen molar-refractivity contribution < 1.29 is 9.59 Å². The first-order valence-electron chi connectivity index (χ1n) is 7.67. The van der Waals surface area contributed by atoms with Crippen LogP contribution in [-0.4, -0.2) is 17.4 Å². The Kier molecular flexibility index (Phi) is 3.24. The Bertz CT molecular complexity index is 1030. The van der Waals surface area contributed by atoms with E-state index in [1.165, 1.54) is 0 Å². The third-order valence-electron chi connectivity index (χ3n) is 4.28. The molecule has 1 aliphatic rings. The molecule has 0 spiro atoms. The SMILES string of the molecule is Cc1ccccc1C(=O)N/N=C1\C(=O)c2cccc3cccc1c23. The molecule has 4 rings (SSSR count). The summed E-state index contributed by atoms with van der Waals surface area (Å²) in [5.41, 5.74) is 5.60. The number of ketones is 1. The number of amides is 1. The lowest BCUT2D eigenvalue weighted by Crippen LogP contribution is -2.22.